The van der Waals surface area contributed by atoms with Crippen molar-refractivity contribution >= 4 is 29.7 Å². The van der Waals surface area contributed by atoms with Crippen molar-refractivity contribution in [2.24, 2.45) is 0 Å². The molecule has 1 unspecified atom stereocenters. The Morgan fingerprint density at radius 3 is 1.69 bits per heavy atom. The quantitative estimate of drug-likeness (QED) is 0.0462. The average molecular weight is 526 g/mol. The number of esters is 4. The molecule has 206 valence electrons. The lowest BCUT2D eigenvalue weighted by molar-refractivity contribution is -0.493. The minimum atomic E-state index is -4.43. The normalized spacial score (nSPS) is 21.4. The molecule has 16 heteroatoms. The number of hydrogen-bond donors (Lipinski definition) is 5. The molecule has 0 amide bonds. The van der Waals surface area contributed by atoms with E-state index in [1.165, 1.54) is 0 Å². The Bertz CT molecular complexity index is 855. The zero-order valence-corrected chi connectivity index (χ0v) is 20.0. The third-order valence-corrected chi connectivity index (χ3v) is 4.63. The van der Waals surface area contributed by atoms with Crippen LogP contribution in [0.3, 0.4) is 0 Å². The van der Waals surface area contributed by atoms with Gasteiger partial charge in [-0.2, -0.15) is 0 Å². The largest absolute Gasteiger partial charge is 0.423 e. The molecule has 36 heavy (non-hydrogen) atoms. The van der Waals surface area contributed by atoms with Crippen LogP contribution >= 0.6 is 0 Å². The first-order chi connectivity index (χ1) is 16.5. The van der Waals surface area contributed by atoms with Crippen LogP contribution in [0.2, 0.25) is 0 Å². The van der Waals surface area contributed by atoms with Gasteiger partial charge >= 0.3 is 47.0 Å². The number of rotatable bonds is 15. The van der Waals surface area contributed by atoms with Crippen molar-refractivity contribution in [1.29, 1.82) is 0 Å². The van der Waals surface area contributed by atoms with Crippen molar-refractivity contribution in [3.63, 3.8) is 0 Å². The van der Waals surface area contributed by atoms with Crippen molar-refractivity contribution in [2.45, 2.75) is 69.8 Å². The molecule has 5 atom stereocenters. The van der Waals surface area contributed by atoms with E-state index in [2.05, 4.69) is 18.9 Å². The van der Waals surface area contributed by atoms with E-state index in [-0.39, 0.29) is 25.7 Å². The molecule has 0 aromatic heterocycles. The second kappa shape index (κ2) is 12.0. The van der Waals surface area contributed by atoms with Gasteiger partial charge in [0, 0.05) is 40.7 Å². The van der Waals surface area contributed by atoms with Crippen molar-refractivity contribution in [3.05, 3.63) is 0 Å². The van der Waals surface area contributed by atoms with E-state index >= 15 is 0 Å². The Morgan fingerprint density at radius 2 is 1.28 bits per heavy atom. The van der Waals surface area contributed by atoms with Gasteiger partial charge in [0.25, 0.3) is 0 Å². The molecule has 1 rings (SSSR count). The number of carbonyl (C=O) groups is 5. The third kappa shape index (κ3) is 6.94. The van der Waals surface area contributed by atoms with Crippen LogP contribution < -0.4 is 0 Å². The fraction of sp³-hybridized carbons (Fsp3) is 0.750. The Labute approximate surface area is 204 Å². The fourth-order valence-electron chi connectivity index (χ4n) is 3.05. The van der Waals surface area contributed by atoms with Crippen LogP contribution in [0, 0.1) is 0 Å². The summed E-state index contributed by atoms with van der Waals surface area (Å²) >= 11 is 0. The molecule has 0 aromatic carbocycles. The first-order valence-electron chi connectivity index (χ1n) is 10.5. The summed E-state index contributed by atoms with van der Waals surface area (Å²) in [7, 11) is 0. The number of Topliss-reactive ketones (excluding diaryl/α,β-unsaturated/α-hetero) is 1. The van der Waals surface area contributed by atoms with Gasteiger partial charge in [-0.05, 0) is 6.42 Å². The molecule has 5 N–H and O–H groups in total. The molecule has 16 nitrogen and oxygen atoms in total. The topological polar surface area (TPSA) is 245 Å². The second-order valence-corrected chi connectivity index (χ2v) is 7.81. The standard InChI is InChI=1S/C20H30O16/c1-11(22)33-17(27,10-21)19(29,35-13(3)24)20(30,36-14(4)25)18(28,34-12(2)23)16(26)6-5-7-31-8-15-9-32-15/h15,21,27-30H,5-10H2,1-4H3/t15?,17-,18+,19+,20-/m0/s1. The molecule has 1 aliphatic rings. The Balaban J connectivity index is 3.64. The van der Waals surface area contributed by atoms with Gasteiger partial charge in [0.2, 0.25) is 5.78 Å². The molecular formula is C20H30O16. The summed E-state index contributed by atoms with van der Waals surface area (Å²) in [6.07, 6.45) is -1.07. The molecule has 0 bridgehead atoms. The molecule has 1 saturated heterocycles. The molecule has 0 aromatic rings. The first kappa shape index (κ1) is 31.3. The van der Waals surface area contributed by atoms with Gasteiger partial charge in [-0.3, -0.25) is 24.0 Å². The lowest BCUT2D eigenvalue weighted by Crippen LogP contribution is -2.82. The maximum atomic E-state index is 13.0. The van der Waals surface area contributed by atoms with Crippen LogP contribution in [-0.4, -0.2) is 111 Å². The summed E-state index contributed by atoms with van der Waals surface area (Å²) in [5.41, 5.74) is 0. The summed E-state index contributed by atoms with van der Waals surface area (Å²) in [6.45, 7) is 1.16. The zero-order valence-electron chi connectivity index (χ0n) is 20.0. The molecule has 1 heterocycles. The number of ketones is 1. The minimum Gasteiger partial charge on any atom is -0.423 e. The number of epoxide rings is 1. The minimum absolute atomic E-state index is 0.101. The average Bonchev–Trinajstić information content (AvgIpc) is 3.55. The van der Waals surface area contributed by atoms with Crippen molar-refractivity contribution in [1.82, 2.24) is 0 Å². The third-order valence-electron chi connectivity index (χ3n) is 4.63. The van der Waals surface area contributed by atoms with Gasteiger partial charge < -0.3 is 54.0 Å². The number of hydrogen-bond acceptors (Lipinski definition) is 16. The highest BCUT2D eigenvalue weighted by molar-refractivity contribution is 5.89. The van der Waals surface area contributed by atoms with Crippen molar-refractivity contribution < 1.29 is 77.9 Å². The van der Waals surface area contributed by atoms with Crippen LogP contribution in [0.4, 0.5) is 0 Å². The van der Waals surface area contributed by atoms with Crippen LogP contribution in [0.1, 0.15) is 40.5 Å². The van der Waals surface area contributed by atoms with Gasteiger partial charge in [0.1, 0.15) is 12.7 Å². The van der Waals surface area contributed by atoms with Gasteiger partial charge in [0.15, 0.2) is 0 Å². The Hall–Kier alpha value is -2.73. The van der Waals surface area contributed by atoms with Crippen LogP contribution in [0.5, 0.6) is 0 Å². The van der Waals surface area contributed by atoms with E-state index in [4.69, 9.17) is 9.47 Å². The summed E-state index contributed by atoms with van der Waals surface area (Å²) in [5.74, 6) is -24.6. The zero-order chi connectivity index (χ0) is 27.9. The van der Waals surface area contributed by atoms with E-state index in [0.717, 1.165) is 0 Å². The summed E-state index contributed by atoms with van der Waals surface area (Å²) in [6, 6.07) is 0. The number of ether oxygens (including phenoxy) is 6. The molecule has 0 aliphatic carbocycles. The van der Waals surface area contributed by atoms with Crippen LogP contribution in [0.25, 0.3) is 0 Å². The molecule has 1 aliphatic heterocycles. The van der Waals surface area contributed by atoms with E-state index in [1.807, 2.05) is 0 Å². The summed E-state index contributed by atoms with van der Waals surface area (Å²) in [4.78, 5) is 60.0. The molecular weight excluding hydrogens is 496 g/mol. The highest BCUT2D eigenvalue weighted by atomic mass is 16.8. The van der Waals surface area contributed by atoms with Crippen LogP contribution in [0.15, 0.2) is 0 Å². The van der Waals surface area contributed by atoms with E-state index in [1.54, 1.807) is 0 Å². The predicted molar refractivity (Wildman–Crippen MR) is 109 cm³/mol. The molecule has 0 saturated carbocycles. The van der Waals surface area contributed by atoms with E-state index in [9.17, 15) is 49.5 Å². The van der Waals surface area contributed by atoms with Crippen molar-refractivity contribution in [3.8, 4) is 0 Å². The second-order valence-electron chi connectivity index (χ2n) is 7.81. The first-order valence-corrected chi connectivity index (χ1v) is 10.5. The number of aliphatic hydroxyl groups is 5. The molecule has 0 radical (unpaired) electrons. The maximum Gasteiger partial charge on any atom is 0.359 e. The highest BCUT2D eigenvalue weighted by Gasteiger charge is 2.81. The molecule has 0 spiro atoms. The monoisotopic (exact) mass is 526 g/mol. The lowest BCUT2D eigenvalue weighted by atomic mass is 9.85. The summed E-state index contributed by atoms with van der Waals surface area (Å²) in [5, 5.41) is 54.1. The van der Waals surface area contributed by atoms with Gasteiger partial charge in [0.05, 0.1) is 13.2 Å². The lowest BCUT2D eigenvalue weighted by Gasteiger charge is -2.50. The highest BCUT2D eigenvalue weighted by Crippen LogP contribution is 2.45. The smallest absolute Gasteiger partial charge is 0.359 e. The molecule has 1 fully saturated rings. The fourth-order valence-corrected chi connectivity index (χ4v) is 3.05. The van der Waals surface area contributed by atoms with E-state index < -0.39 is 65.8 Å². The Morgan fingerprint density at radius 1 is 0.806 bits per heavy atom. The van der Waals surface area contributed by atoms with Crippen molar-refractivity contribution in [2.75, 3.05) is 26.4 Å². The van der Waals surface area contributed by atoms with Gasteiger partial charge in [-0.25, -0.2) is 0 Å². The number of aliphatic hydroxyl groups excluding tert-OH is 1. The van der Waals surface area contributed by atoms with E-state index in [0.29, 0.717) is 34.3 Å². The number of carbonyl (C=O) groups excluding carboxylic acids is 5. The van der Waals surface area contributed by atoms with Gasteiger partial charge in [-0.1, -0.05) is 0 Å². The predicted octanol–water partition coefficient (Wildman–Crippen LogP) is -3.25. The van der Waals surface area contributed by atoms with Gasteiger partial charge in [-0.15, -0.1) is 0 Å². The summed E-state index contributed by atoms with van der Waals surface area (Å²) < 4.78 is 28.1. The SMILES string of the molecule is CC(=O)O[C@@](O)([C@@](O)(OC(C)=O)[C@](O)(OC(C)=O)C(=O)CCCOCC1CO1)[C@](O)(CO)OC(C)=O. The van der Waals surface area contributed by atoms with Crippen LogP contribution in [-0.2, 0) is 52.4 Å². The Kier molecular flexibility index (Phi) is 10.4. The maximum absolute atomic E-state index is 13.0.